The number of carbonyl (C=O) groups excluding carboxylic acids is 1. The number of likely N-dealkylation sites (tertiary alicyclic amines) is 1. The summed E-state index contributed by atoms with van der Waals surface area (Å²) in [5, 5.41) is 11.1. The molecule has 1 atom stereocenters. The van der Waals surface area contributed by atoms with E-state index in [9.17, 15) is 9.59 Å². The maximum absolute atomic E-state index is 12.6. The Hall–Kier alpha value is -2.09. The van der Waals surface area contributed by atoms with Gasteiger partial charge in [0.2, 0.25) is 0 Å². The number of amides is 1. The molecule has 4 rings (SSSR count). The molecule has 1 unspecified atom stereocenters. The van der Waals surface area contributed by atoms with Crippen LogP contribution in [-0.4, -0.2) is 49.1 Å². The minimum Gasteiger partial charge on any atom is -0.332 e. The Morgan fingerprint density at radius 1 is 1.46 bits per heavy atom. The fraction of sp³-hybridized carbons (Fsp3) is 0.500. The van der Waals surface area contributed by atoms with Crippen molar-refractivity contribution in [2.24, 2.45) is 0 Å². The summed E-state index contributed by atoms with van der Waals surface area (Å²) in [6, 6.07) is 3.39. The van der Waals surface area contributed by atoms with Crippen LogP contribution >= 0.6 is 11.8 Å². The first kappa shape index (κ1) is 15.4. The largest absolute Gasteiger partial charge is 0.332 e. The Bertz CT molecular complexity index is 801. The minimum absolute atomic E-state index is 0.00187. The van der Waals surface area contributed by atoms with Gasteiger partial charge in [-0.15, -0.1) is 0 Å². The molecule has 4 heterocycles. The molecule has 0 aromatic carbocycles. The highest BCUT2D eigenvalue weighted by atomic mass is 32.2. The summed E-state index contributed by atoms with van der Waals surface area (Å²) in [7, 11) is 0. The number of hydrogen-bond acceptors (Lipinski definition) is 5. The Kier molecular flexibility index (Phi) is 4.13. The number of H-pyrrole nitrogens is 1. The Morgan fingerprint density at radius 3 is 3.21 bits per heavy atom. The Labute approximate surface area is 143 Å². The average molecular weight is 345 g/mol. The van der Waals surface area contributed by atoms with Crippen LogP contribution in [0.2, 0.25) is 0 Å². The van der Waals surface area contributed by atoms with Gasteiger partial charge in [0.05, 0.1) is 18.3 Å². The van der Waals surface area contributed by atoms with Crippen molar-refractivity contribution < 1.29 is 4.79 Å². The van der Waals surface area contributed by atoms with Crippen LogP contribution in [0.1, 0.15) is 34.6 Å². The molecule has 7 nitrogen and oxygen atoms in total. The highest BCUT2D eigenvalue weighted by Crippen LogP contribution is 2.23. The summed E-state index contributed by atoms with van der Waals surface area (Å²) < 4.78 is 1.54. The molecule has 126 valence electrons. The van der Waals surface area contributed by atoms with E-state index < -0.39 is 0 Å². The second kappa shape index (κ2) is 6.43. The molecular formula is C16H19N5O2S. The van der Waals surface area contributed by atoms with E-state index in [0.29, 0.717) is 18.8 Å². The fourth-order valence-electron chi connectivity index (χ4n) is 3.41. The molecule has 24 heavy (non-hydrogen) atoms. The van der Waals surface area contributed by atoms with Crippen molar-refractivity contribution in [2.45, 2.75) is 37.6 Å². The van der Waals surface area contributed by atoms with Crippen molar-refractivity contribution in [3.8, 4) is 0 Å². The number of aromatic nitrogens is 4. The zero-order chi connectivity index (χ0) is 16.5. The number of thioether (sulfide) groups is 1. The number of nitrogens with one attached hydrogen (secondary N) is 1. The monoisotopic (exact) mass is 345 g/mol. The number of nitrogens with zero attached hydrogens (tertiary/aromatic N) is 4. The van der Waals surface area contributed by atoms with Crippen LogP contribution in [-0.2, 0) is 18.7 Å². The predicted molar refractivity (Wildman–Crippen MR) is 91.0 cm³/mol. The summed E-state index contributed by atoms with van der Waals surface area (Å²) in [5.74, 6) is 1.86. The molecule has 0 bridgehead atoms. The van der Waals surface area contributed by atoms with Crippen molar-refractivity contribution in [2.75, 3.05) is 12.3 Å². The van der Waals surface area contributed by atoms with E-state index in [4.69, 9.17) is 0 Å². The zero-order valence-electron chi connectivity index (χ0n) is 13.3. The van der Waals surface area contributed by atoms with Crippen LogP contribution < -0.4 is 5.56 Å². The third-order valence-corrected chi connectivity index (χ3v) is 5.67. The standard InChI is InChI=1S/C16H19N5O2S/c22-15-8-11-10-24-7-4-13(11)19-21(15)9-12-2-1-6-20(12)16(23)14-3-5-17-18-14/h3,5,8,12H,1-2,4,6-7,9-10H2,(H,17,18). The Balaban J connectivity index is 1.56. The lowest BCUT2D eigenvalue weighted by molar-refractivity contribution is 0.0714. The molecule has 1 N–H and O–H groups in total. The third-order valence-electron chi connectivity index (χ3n) is 4.66. The van der Waals surface area contributed by atoms with Gasteiger partial charge in [0.25, 0.3) is 11.5 Å². The van der Waals surface area contributed by atoms with Gasteiger partial charge in [0, 0.05) is 31.0 Å². The lowest BCUT2D eigenvalue weighted by Gasteiger charge is -2.25. The molecule has 1 fully saturated rings. The smallest absolute Gasteiger partial charge is 0.272 e. The number of rotatable bonds is 3. The maximum Gasteiger partial charge on any atom is 0.272 e. The third kappa shape index (κ3) is 2.86. The van der Waals surface area contributed by atoms with Gasteiger partial charge in [-0.3, -0.25) is 14.7 Å². The normalized spacial score (nSPS) is 20.2. The van der Waals surface area contributed by atoms with Crippen LogP contribution in [0.5, 0.6) is 0 Å². The van der Waals surface area contributed by atoms with Gasteiger partial charge in [-0.2, -0.15) is 22.0 Å². The van der Waals surface area contributed by atoms with Crippen molar-refractivity contribution >= 4 is 17.7 Å². The van der Waals surface area contributed by atoms with Crippen LogP contribution in [0.25, 0.3) is 0 Å². The van der Waals surface area contributed by atoms with E-state index in [1.54, 1.807) is 18.3 Å². The average Bonchev–Trinajstić information content (AvgIpc) is 3.26. The lowest BCUT2D eigenvalue weighted by Crippen LogP contribution is -2.41. The van der Waals surface area contributed by atoms with Crippen LogP contribution in [0.3, 0.4) is 0 Å². The molecule has 2 aromatic heterocycles. The van der Waals surface area contributed by atoms with Crippen molar-refractivity contribution in [1.82, 2.24) is 24.9 Å². The van der Waals surface area contributed by atoms with Gasteiger partial charge in [0.1, 0.15) is 5.69 Å². The lowest BCUT2D eigenvalue weighted by atomic mass is 10.2. The van der Waals surface area contributed by atoms with Gasteiger partial charge in [-0.25, -0.2) is 4.68 Å². The zero-order valence-corrected chi connectivity index (χ0v) is 14.1. The maximum atomic E-state index is 12.6. The summed E-state index contributed by atoms with van der Waals surface area (Å²) >= 11 is 1.84. The summed E-state index contributed by atoms with van der Waals surface area (Å²) in [5.41, 5.74) is 2.50. The topological polar surface area (TPSA) is 83.9 Å². The summed E-state index contributed by atoms with van der Waals surface area (Å²) in [6.45, 7) is 1.16. The summed E-state index contributed by atoms with van der Waals surface area (Å²) in [4.78, 5) is 26.8. The molecule has 0 radical (unpaired) electrons. The molecule has 2 aliphatic heterocycles. The van der Waals surface area contributed by atoms with E-state index >= 15 is 0 Å². The van der Waals surface area contributed by atoms with Crippen molar-refractivity contribution in [1.29, 1.82) is 0 Å². The number of aromatic amines is 1. The molecule has 1 saturated heterocycles. The van der Waals surface area contributed by atoms with E-state index in [0.717, 1.165) is 42.0 Å². The first-order valence-electron chi connectivity index (χ1n) is 8.20. The molecule has 2 aromatic rings. The quantitative estimate of drug-likeness (QED) is 0.899. The van der Waals surface area contributed by atoms with Gasteiger partial charge in [-0.1, -0.05) is 0 Å². The number of carbonyl (C=O) groups is 1. The van der Waals surface area contributed by atoms with Crippen LogP contribution in [0.15, 0.2) is 23.1 Å². The van der Waals surface area contributed by atoms with Crippen LogP contribution in [0, 0.1) is 0 Å². The van der Waals surface area contributed by atoms with E-state index in [1.165, 1.54) is 4.68 Å². The van der Waals surface area contributed by atoms with Crippen LogP contribution in [0.4, 0.5) is 0 Å². The molecule has 1 amide bonds. The summed E-state index contributed by atoms with van der Waals surface area (Å²) in [6.07, 6.45) is 4.31. The second-order valence-electron chi connectivity index (χ2n) is 6.20. The highest BCUT2D eigenvalue weighted by Gasteiger charge is 2.31. The molecule has 0 spiro atoms. The van der Waals surface area contributed by atoms with Gasteiger partial charge in [-0.05, 0) is 30.2 Å². The first-order valence-corrected chi connectivity index (χ1v) is 9.36. The number of hydrogen-bond donors (Lipinski definition) is 1. The number of fused-ring (bicyclic) bond motifs is 1. The number of aryl methyl sites for hydroxylation is 1. The SMILES string of the molecule is O=C(c1ccn[nH]1)N1CCCC1Cn1nc2c(cc1=O)CSCC2. The van der Waals surface area contributed by atoms with Crippen molar-refractivity contribution in [3.63, 3.8) is 0 Å². The fourth-order valence-corrected chi connectivity index (χ4v) is 4.36. The molecule has 0 saturated carbocycles. The van der Waals surface area contributed by atoms with E-state index in [2.05, 4.69) is 15.3 Å². The molecular weight excluding hydrogens is 326 g/mol. The first-order chi connectivity index (χ1) is 11.7. The molecule has 2 aliphatic rings. The minimum atomic E-state index is -0.0721. The van der Waals surface area contributed by atoms with Gasteiger partial charge < -0.3 is 4.90 Å². The van der Waals surface area contributed by atoms with E-state index in [-0.39, 0.29) is 17.5 Å². The van der Waals surface area contributed by atoms with Crippen molar-refractivity contribution in [3.05, 3.63) is 45.6 Å². The highest BCUT2D eigenvalue weighted by molar-refractivity contribution is 7.98. The Morgan fingerprint density at radius 2 is 2.38 bits per heavy atom. The second-order valence-corrected chi connectivity index (χ2v) is 7.31. The van der Waals surface area contributed by atoms with Gasteiger partial charge in [0.15, 0.2) is 0 Å². The molecule has 0 aliphatic carbocycles. The van der Waals surface area contributed by atoms with E-state index in [1.807, 2.05) is 16.7 Å². The molecule has 8 heteroatoms. The van der Waals surface area contributed by atoms with Gasteiger partial charge >= 0.3 is 0 Å². The predicted octanol–water partition coefficient (Wildman–Crippen LogP) is 1.06.